The minimum Gasteiger partial charge on any atom is -0.341 e. The van der Waals surface area contributed by atoms with Crippen LogP contribution in [0.3, 0.4) is 0 Å². The molecule has 3 aromatic carbocycles. The first kappa shape index (κ1) is 26.9. The van der Waals surface area contributed by atoms with E-state index in [1.165, 1.54) is 29.5 Å². The number of likely N-dealkylation sites (N-methyl/N-ethyl adjacent to an activating group) is 1. The Labute approximate surface area is 232 Å². The van der Waals surface area contributed by atoms with Gasteiger partial charge in [0.05, 0.1) is 18.1 Å². The molecule has 0 radical (unpaired) electrons. The smallest absolute Gasteiger partial charge is 0.239 e. The Kier molecular flexibility index (Phi) is 8.27. The van der Waals surface area contributed by atoms with E-state index in [1.807, 2.05) is 18.3 Å². The summed E-state index contributed by atoms with van der Waals surface area (Å²) in [4.78, 5) is 19.7. The van der Waals surface area contributed by atoms with Crippen molar-refractivity contribution in [3.8, 4) is 0 Å². The average molecular weight is 521 g/mol. The third-order valence-electron chi connectivity index (χ3n) is 8.51. The van der Waals surface area contributed by atoms with E-state index in [2.05, 4.69) is 102 Å². The number of aryl methyl sites for hydroxylation is 1. The molecule has 2 N–H and O–H groups in total. The van der Waals surface area contributed by atoms with Gasteiger partial charge in [0.25, 0.3) is 0 Å². The van der Waals surface area contributed by atoms with Gasteiger partial charge in [0.2, 0.25) is 5.91 Å². The van der Waals surface area contributed by atoms with Crippen LogP contribution in [-0.4, -0.2) is 39.5 Å². The topological polar surface area (TPSA) is 64.2 Å². The molecule has 4 aromatic rings. The molecular weight excluding hydrogens is 480 g/mol. The fourth-order valence-corrected chi connectivity index (χ4v) is 6.33. The first-order chi connectivity index (χ1) is 19.0. The van der Waals surface area contributed by atoms with E-state index >= 15 is 0 Å². The Hall–Kier alpha value is -3.70. The zero-order valence-electron chi connectivity index (χ0n) is 23.2. The SMILES string of the molecule is Cc1c(CCC[C@H](N)C(=O)N(C)C2CCCC2)ncn1C(c1ccccc1)(c1ccccc1)c1ccccc1. The van der Waals surface area contributed by atoms with Crippen molar-refractivity contribution in [3.63, 3.8) is 0 Å². The van der Waals surface area contributed by atoms with E-state index in [0.29, 0.717) is 12.5 Å². The van der Waals surface area contributed by atoms with Crippen LogP contribution >= 0.6 is 0 Å². The van der Waals surface area contributed by atoms with Gasteiger partial charge in [-0.15, -0.1) is 0 Å². The molecule has 1 aliphatic carbocycles. The molecule has 0 aliphatic heterocycles. The molecule has 1 atom stereocenters. The summed E-state index contributed by atoms with van der Waals surface area (Å²) in [6, 6.07) is 31.9. The lowest BCUT2D eigenvalue weighted by atomic mass is 9.76. The number of carbonyl (C=O) groups excluding carboxylic acids is 1. The van der Waals surface area contributed by atoms with Gasteiger partial charge in [0.15, 0.2) is 0 Å². The fourth-order valence-electron chi connectivity index (χ4n) is 6.33. The molecule has 1 amide bonds. The largest absolute Gasteiger partial charge is 0.341 e. The highest BCUT2D eigenvalue weighted by Crippen LogP contribution is 2.42. The van der Waals surface area contributed by atoms with E-state index < -0.39 is 11.6 Å². The third kappa shape index (κ3) is 5.28. The number of imidazole rings is 1. The van der Waals surface area contributed by atoms with Gasteiger partial charge in [-0.1, -0.05) is 104 Å². The summed E-state index contributed by atoms with van der Waals surface area (Å²) < 4.78 is 2.32. The predicted octanol–water partition coefficient (Wildman–Crippen LogP) is 6.08. The van der Waals surface area contributed by atoms with Gasteiger partial charge in [-0.25, -0.2) is 4.98 Å². The maximum Gasteiger partial charge on any atom is 0.239 e. The van der Waals surface area contributed by atoms with E-state index in [0.717, 1.165) is 37.1 Å². The molecule has 1 saturated carbocycles. The number of benzene rings is 3. The number of rotatable bonds is 10. The van der Waals surface area contributed by atoms with Gasteiger partial charge in [0, 0.05) is 18.8 Å². The summed E-state index contributed by atoms with van der Waals surface area (Å²) in [6.45, 7) is 2.16. The molecule has 0 bridgehead atoms. The lowest BCUT2D eigenvalue weighted by Crippen LogP contribution is -2.45. The van der Waals surface area contributed by atoms with Crippen LogP contribution in [0.1, 0.15) is 66.6 Å². The van der Waals surface area contributed by atoms with Crippen molar-refractivity contribution in [2.45, 2.75) is 69.5 Å². The minimum atomic E-state index is -0.574. The fraction of sp³-hybridized carbons (Fsp3) is 0.353. The summed E-state index contributed by atoms with van der Waals surface area (Å²) in [6.07, 6.45) is 8.83. The van der Waals surface area contributed by atoms with Crippen LogP contribution < -0.4 is 5.73 Å². The molecule has 0 spiro atoms. The van der Waals surface area contributed by atoms with Crippen molar-refractivity contribution in [2.24, 2.45) is 5.73 Å². The Morgan fingerprint density at radius 1 is 0.923 bits per heavy atom. The van der Waals surface area contributed by atoms with Crippen LogP contribution in [0, 0.1) is 6.92 Å². The summed E-state index contributed by atoms with van der Waals surface area (Å²) in [5.74, 6) is 0.0698. The number of amides is 1. The molecule has 1 heterocycles. The molecule has 1 aromatic heterocycles. The molecular formula is C34H40N4O. The summed E-state index contributed by atoms with van der Waals surface area (Å²) in [5, 5.41) is 0. The quantitative estimate of drug-likeness (QED) is 0.258. The Morgan fingerprint density at radius 2 is 1.41 bits per heavy atom. The van der Waals surface area contributed by atoms with Crippen LogP contribution in [0.25, 0.3) is 0 Å². The number of nitrogens with two attached hydrogens (primary N) is 1. The van der Waals surface area contributed by atoms with E-state index in [1.54, 1.807) is 0 Å². The molecule has 1 aliphatic rings. The lowest BCUT2D eigenvalue weighted by Gasteiger charge is -2.38. The number of hydrogen-bond acceptors (Lipinski definition) is 3. The van der Waals surface area contributed by atoms with Crippen LogP contribution in [0.2, 0.25) is 0 Å². The van der Waals surface area contributed by atoms with Gasteiger partial charge in [-0.2, -0.15) is 0 Å². The predicted molar refractivity (Wildman–Crippen MR) is 158 cm³/mol. The van der Waals surface area contributed by atoms with Crippen molar-refractivity contribution in [2.75, 3.05) is 7.05 Å². The highest BCUT2D eigenvalue weighted by atomic mass is 16.2. The van der Waals surface area contributed by atoms with Gasteiger partial charge in [-0.3, -0.25) is 4.79 Å². The van der Waals surface area contributed by atoms with E-state index in [-0.39, 0.29) is 5.91 Å². The third-order valence-corrected chi connectivity index (χ3v) is 8.51. The van der Waals surface area contributed by atoms with Crippen molar-refractivity contribution >= 4 is 5.91 Å². The van der Waals surface area contributed by atoms with Crippen LogP contribution in [0.4, 0.5) is 0 Å². The van der Waals surface area contributed by atoms with Crippen LogP contribution in [0.15, 0.2) is 97.3 Å². The Bertz CT molecular complexity index is 1250. The average Bonchev–Trinajstić information content (AvgIpc) is 3.66. The lowest BCUT2D eigenvalue weighted by molar-refractivity contribution is -0.133. The van der Waals surface area contributed by atoms with Gasteiger partial charge < -0.3 is 15.2 Å². The maximum atomic E-state index is 12.9. The summed E-state index contributed by atoms with van der Waals surface area (Å²) in [7, 11) is 1.92. The second-order valence-corrected chi connectivity index (χ2v) is 10.8. The second kappa shape index (κ2) is 12.0. The highest BCUT2D eigenvalue weighted by Gasteiger charge is 2.39. The standard InChI is InChI=1S/C34H40N4O/c1-26-32(24-14-23-31(35)33(39)37(2)30-21-12-13-22-30)36-25-38(26)34(27-15-6-3-7-16-27,28-17-8-4-9-18-28)29-19-10-5-11-20-29/h3-11,15-20,25,30-31H,12-14,21-24,35H2,1-2H3/t31-/m0/s1. The first-order valence-electron chi connectivity index (χ1n) is 14.3. The molecule has 1 fully saturated rings. The first-order valence-corrected chi connectivity index (χ1v) is 14.3. The summed E-state index contributed by atoms with van der Waals surface area (Å²) >= 11 is 0. The molecule has 5 heteroatoms. The molecule has 202 valence electrons. The van der Waals surface area contributed by atoms with E-state index in [4.69, 9.17) is 10.7 Å². The molecule has 0 unspecified atom stereocenters. The highest BCUT2D eigenvalue weighted by molar-refractivity contribution is 5.81. The van der Waals surface area contributed by atoms with Gasteiger partial charge in [0.1, 0.15) is 5.54 Å². The van der Waals surface area contributed by atoms with E-state index in [9.17, 15) is 4.79 Å². The Balaban J connectivity index is 1.44. The maximum absolute atomic E-state index is 12.9. The van der Waals surface area contributed by atoms with Crippen molar-refractivity contribution < 1.29 is 4.79 Å². The minimum absolute atomic E-state index is 0.0698. The monoisotopic (exact) mass is 520 g/mol. The number of hydrogen-bond donors (Lipinski definition) is 1. The number of nitrogens with zero attached hydrogens (tertiary/aromatic N) is 3. The number of aromatic nitrogens is 2. The zero-order valence-corrected chi connectivity index (χ0v) is 23.2. The second-order valence-electron chi connectivity index (χ2n) is 10.8. The number of carbonyl (C=O) groups is 1. The van der Waals surface area contributed by atoms with Crippen LogP contribution in [-0.2, 0) is 16.8 Å². The molecule has 0 saturated heterocycles. The normalized spacial score (nSPS) is 14.8. The van der Waals surface area contributed by atoms with Gasteiger partial charge in [-0.05, 0) is 55.7 Å². The van der Waals surface area contributed by atoms with Crippen molar-refractivity contribution in [1.29, 1.82) is 0 Å². The van der Waals surface area contributed by atoms with Crippen molar-refractivity contribution in [3.05, 3.63) is 125 Å². The zero-order chi connectivity index (χ0) is 27.2. The molecule has 5 nitrogen and oxygen atoms in total. The van der Waals surface area contributed by atoms with Crippen LogP contribution in [0.5, 0.6) is 0 Å². The molecule has 5 rings (SSSR count). The summed E-state index contributed by atoms with van der Waals surface area (Å²) in [5.41, 5.74) is 11.5. The molecule has 39 heavy (non-hydrogen) atoms. The van der Waals surface area contributed by atoms with Gasteiger partial charge >= 0.3 is 0 Å². The Morgan fingerprint density at radius 3 is 1.90 bits per heavy atom. The van der Waals surface area contributed by atoms with Crippen molar-refractivity contribution in [1.82, 2.24) is 14.5 Å².